The van der Waals surface area contributed by atoms with Gasteiger partial charge in [-0.05, 0) is 55.5 Å². The van der Waals surface area contributed by atoms with Crippen LogP contribution in [0.15, 0.2) is 46.7 Å². The minimum absolute atomic E-state index is 0.00645. The van der Waals surface area contributed by atoms with Crippen LogP contribution in [-0.2, 0) is 15.4 Å². The van der Waals surface area contributed by atoms with E-state index in [-0.39, 0.29) is 10.3 Å². The summed E-state index contributed by atoms with van der Waals surface area (Å²) >= 11 is 1.69. The van der Waals surface area contributed by atoms with E-state index in [1.54, 1.807) is 35.6 Å². The first-order valence-electron chi connectivity index (χ1n) is 7.32. The van der Waals surface area contributed by atoms with Gasteiger partial charge in [0.1, 0.15) is 5.75 Å². The van der Waals surface area contributed by atoms with Crippen molar-refractivity contribution in [2.24, 2.45) is 0 Å². The maximum Gasteiger partial charge on any atom is 0.240 e. The molecular weight excluding hydrogens is 318 g/mol. The third-order valence-corrected chi connectivity index (χ3v) is 6.48. The summed E-state index contributed by atoms with van der Waals surface area (Å²) in [5, 5.41) is 2.04. The molecule has 0 amide bonds. The first-order chi connectivity index (χ1) is 10.6. The third kappa shape index (κ3) is 3.19. The zero-order chi connectivity index (χ0) is 15.6. The van der Waals surface area contributed by atoms with Crippen molar-refractivity contribution in [2.75, 3.05) is 13.2 Å². The molecule has 1 heterocycles. The predicted octanol–water partition coefficient (Wildman–Crippen LogP) is 3.16. The highest BCUT2D eigenvalue weighted by Gasteiger charge is 2.45. The zero-order valence-corrected chi connectivity index (χ0v) is 14.0. The number of hydrogen-bond acceptors (Lipinski definition) is 4. The molecule has 22 heavy (non-hydrogen) atoms. The molecule has 6 heteroatoms. The summed E-state index contributed by atoms with van der Waals surface area (Å²) in [4.78, 5) is 1.54. The molecule has 4 nitrogen and oxygen atoms in total. The van der Waals surface area contributed by atoms with E-state index >= 15 is 0 Å². The first kappa shape index (κ1) is 15.5. The van der Waals surface area contributed by atoms with Crippen LogP contribution in [0, 0.1) is 0 Å². The van der Waals surface area contributed by atoms with Gasteiger partial charge in [-0.25, -0.2) is 13.1 Å². The highest BCUT2D eigenvalue weighted by Crippen LogP contribution is 2.49. The number of sulfonamides is 1. The summed E-state index contributed by atoms with van der Waals surface area (Å²) in [6, 6.07) is 10.6. The fraction of sp³-hybridized carbons (Fsp3) is 0.375. The zero-order valence-electron chi connectivity index (χ0n) is 12.4. The molecule has 1 aromatic heterocycles. The van der Waals surface area contributed by atoms with Crippen molar-refractivity contribution in [2.45, 2.75) is 30.1 Å². The van der Waals surface area contributed by atoms with Crippen LogP contribution in [0.4, 0.5) is 0 Å². The number of thiophene rings is 1. The van der Waals surface area contributed by atoms with Gasteiger partial charge in [-0.1, -0.05) is 6.07 Å². The summed E-state index contributed by atoms with van der Waals surface area (Å²) in [5.74, 6) is 0.679. The molecule has 1 aliphatic rings. The summed E-state index contributed by atoms with van der Waals surface area (Å²) in [6.07, 6.45) is 2.08. The molecule has 0 spiro atoms. The maximum absolute atomic E-state index is 12.4. The summed E-state index contributed by atoms with van der Waals surface area (Å²) in [6.45, 7) is 2.92. The summed E-state index contributed by atoms with van der Waals surface area (Å²) < 4.78 is 32.9. The lowest BCUT2D eigenvalue weighted by atomic mass is 10.1. The summed E-state index contributed by atoms with van der Waals surface area (Å²) in [7, 11) is -3.48. The van der Waals surface area contributed by atoms with Gasteiger partial charge in [-0.3, -0.25) is 0 Å². The molecule has 0 bridgehead atoms. The Labute approximate surface area is 135 Å². The molecule has 2 aromatic rings. The van der Waals surface area contributed by atoms with Crippen LogP contribution < -0.4 is 9.46 Å². The van der Waals surface area contributed by atoms with Crippen molar-refractivity contribution in [3.05, 3.63) is 46.7 Å². The van der Waals surface area contributed by atoms with Gasteiger partial charge in [0.05, 0.1) is 11.5 Å². The fourth-order valence-electron chi connectivity index (χ4n) is 2.44. The molecule has 1 saturated carbocycles. The Morgan fingerprint density at radius 2 is 1.95 bits per heavy atom. The number of rotatable bonds is 7. The SMILES string of the molecule is CCOc1ccc(S(=O)(=O)NCC2(c3cccs3)CC2)cc1. The van der Waals surface area contributed by atoms with Crippen molar-refractivity contribution in [1.29, 1.82) is 0 Å². The fourth-order valence-corrected chi connectivity index (χ4v) is 4.55. The van der Waals surface area contributed by atoms with E-state index in [4.69, 9.17) is 4.74 Å². The Balaban J connectivity index is 1.69. The predicted molar refractivity (Wildman–Crippen MR) is 88.0 cm³/mol. The molecule has 1 N–H and O–H groups in total. The molecule has 0 saturated heterocycles. The maximum atomic E-state index is 12.4. The van der Waals surface area contributed by atoms with E-state index in [0.717, 1.165) is 12.8 Å². The number of ether oxygens (including phenoxy) is 1. The van der Waals surface area contributed by atoms with E-state index in [0.29, 0.717) is 18.9 Å². The number of benzene rings is 1. The Bertz CT molecular complexity index is 717. The van der Waals surface area contributed by atoms with Crippen LogP contribution in [0.5, 0.6) is 5.75 Å². The lowest BCUT2D eigenvalue weighted by molar-refractivity contribution is 0.340. The Morgan fingerprint density at radius 3 is 2.50 bits per heavy atom. The van der Waals surface area contributed by atoms with E-state index < -0.39 is 10.0 Å². The molecule has 1 fully saturated rings. The minimum Gasteiger partial charge on any atom is -0.494 e. The third-order valence-electron chi connectivity index (χ3n) is 3.94. The van der Waals surface area contributed by atoms with Crippen molar-refractivity contribution in [1.82, 2.24) is 4.72 Å². The second-order valence-electron chi connectivity index (χ2n) is 5.49. The van der Waals surface area contributed by atoms with Crippen LogP contribution in [0.25, 0.3) is 0 Å². The highest BCUT2D eigenvalue weighted by atomic mass is 32.2. The van der Waals surface area contributed by atoms with Gasteiger partial charge in [0.2, 0.25) is 10.0 Å². The van der Waals surface area contributed by atoms with Crippen molar-refractivity contribution in [3.63, 3.8) is 0 Å². The van der Waals surface area contributed by atoms with E-state index in [1.807, 2.05) is 18.4 Å². The van der Waals surface area contributed by atoms with Gasteiger partial charge in [-0.2, -0.15) is 0 Å². The largest absolute Gasteiger partial charge is 0.494 e. The van der Waals surface area contributed by atoms with Crippen molar-refractivity contribution >= 4 is 21.4 Å². The van der Waals surface area contributed by atoms with Gasteiger partial charge >= 0.3 is 0 Å². The Morgan fingerprint density at radius 1 is 1.23 bits per heavy atom. The topological polar surface area (TPSA) is 55.4 Å². The van der Waals surface area contributed by atoms with Crippen LogP contribution in [0.2, 0.25) is 0 Å². The normalized spacial score (nSPS) is 16.4. The first-order valence-corrected chi connectivity index (χ1v) is 9.69. The number of nitrogens with one attached hydrogen (secondary N) is 1. The highest BCUT2D eigenvalue weighted by molar-refractivity contribution is 7.89. The average Bonchev–Trinajstić information content (AvgIpc) is 3.10. The van der Waals surface area contributed by atoms with E-state index in [9.17, 15) is 8.42 Å². The van der Waals surface area contributed by atoms with Crippen LogP contribution >= 0.6 is 11.3 Å². The summed E-state index contributed by atoms with van der Waals surface area (Å²) in [5.41, 5.74) is 0.00645. The van der Waals surface area contributed by atoms with E-state index in [1.165, 1.54) is 4.88 Å². The van der Waals surface area contributed by atoms with Gasteiger partial charge in [-0.15, -0.1) is 11.3 Å². The molecule has 1 aromatic carbocycles. The Kier molecular flexibility index (Phi) is 4.25. The smallest absolute Gasteiger partial charge is 0.240 e. The van der Waals surface area contributed by atoms with Gasteiger partial charge in [0, 0.05) is 16.8 Å². The quantitative estimate of drug-likeness (QED) is 0.844. The monoisotopic (exact) mass is 337 g/mol. The number of hydrogen-bond donors (Lipinski definition) is 1. The van der Waals surface area contributed by atoms with Crippen molar-refractivity contribution in [3.8, 4) is 5.75 Å². The molecular formula is C16H19NO3S2. The van der Waals surface area contributed by atoms with E-state index in [2.05, 4.69) is 10.8 Å². The van der Waals surface area contributed by atoms with Gasteiger partial charge in [0.25, 0.3) is 0 Å². The molecule has 118 valence electrons. The molecule has 1 aliphatic carbocycles. The minimum atomic E-state index is -3.48. The Hall–Kier alpha value is -1.37. The average molecular weight is 337 g/mol. The molecule has 0 radical (unpaired) electrons. The van der Waals surface area contributed by atoms with Crippen molar-refractivity contribution < 1.29 is 13.2 Å². The second-order valence-corrected chi connectivity index (χ2v) is 8.20. The molecule has 0 aliphatic heterocycles. The van der Waals surface area contributed by atoms with Crippen LogP contribution in [-0.4, -0.2) is 21.6 Å². The molecule has 0 unspecified atom stereocenters. The lowest BCUT2D eigenvalue weighted by Crippen LogP contribution is -2.31. The van der Waals surface area contributed by atoms with Gasteiger partial charge in [0.15, 0.2) is 0 Å². The molecule has 0 atom stereocenters. The van der Waals surface area contributed by atoms with Crippen LogP contribution in [0.3, 0.4) is 0 Å². The molecule has 3 rings (SSSR count). The van der Waals surface area contributed by atoms with Gasteiger partial charge < -0.3 is 4.74 Å². The van der Waals surface area contributed by atoms with Crippen LogP contribution in [0.1, 0.15) is 24.6 Å². The standard InChI is InChI=1S/C16H19NO3S2/c1-2-20-13-5-7-14(8-6-13)22(18,19)17-12-16(9-10-16)15-4-3-11-21-15/h3-8,11,17H,2,9-10,12H2,1H3. The lowest BCUT2D eigenvalue weighted by Gasteiger charge is -2.15. The second kappa shape index (κ2) is 6.02.